The van der Waals surface area contributed by atoms with Crippen molar-refractivity contribution < 1.29 is 37.4 Å². The maximum atomic E-state index is 13.3. The summed E-state index contributed by atoms with van der Waals surface area (Å²) in [6.45, 7) is 9.08. The van der Waals surface area contributed by atoms with Crippen molar-refractivity contribution in [3.63, 3.8) is 0 Å². The van der Waals surface area contributed by atoms with E-state index in [1.165, 1.54) is 4.90 Å². The first-order valence-electron chi connectivity index (χ1n) is 10.1. The number of amides is 2. The average Bonchev–Trinajstić information content (AvgIpc) is 2.91. The quantitative estimate of drug-likeness (QED) is 0.709. The topological polar surface area (TPSA) is 95.9 Å². The number of alkyl carbamates (subject to hydrolysis) is 1. The second-order valence-corrected chi connectivity index (χ2v) is 10.4. The van der Waals surface area contributed by atoms with E-state index in [0.29, 0.717) is 6.42 Å². The molecule has 1 heterocycles. The molecular formula is C20H29F3N2O5. The van der Waals surface area contributed by atoms with Gasteiger partial charge < -0.3 is 20.1 Å². The fourth-order valence-electron chi connectivity index (χ4n) is 4.88. The van der Waals surface area contributed by atoms with Crippen molar-refractivity contribution >= 4 is 18.0 Å². The number of nitrogens with one attached hydrogen (secondary N) is 1. The number of carboxylic acids is 1. The molecular weight excluding hydrogens is 405 g/mol. The van der Waals surface area contributed by atoms with Crippen molar-refractivity contribution in [2.45, 2.75) is 77.7 Å². The maximum absolute atomic E-state index is 13.3. The predicted molar refractivity (Wildman–Crippen MR) is 99.4 cm³/mol. The monoisotopic (exact) mass is 434 g/mol. The zero-order valence-corrected chi connectivity index (χ0v) is 17.8. The number of carbonyl (C=O) groups is 3. The number of alkyl halides is 3. The molecule has 1 saturated heterocycles. The summed E-state index contributed by atoms with van der Waals surface area (Å²) in [7, 11) is 0. The second-order valence-electron chi connectivity index (χ2n) is 10.4. The highest BCUT2D eigenvalue weighted by Gasteiger charge is 2.70. The van der Waals surface area contributed by atoms with E-state index in [-0.39, 0.29) is 36.6 Å². The molecule has 0 spiro atoms. The van der Waals surface area contributed by atoms with Gasteiger partial charge in [-0.3, -0.25) is 4.79 Å². The predicted octanol–water partition coefficient (Wildman–Crippen LogP) is 3.18. The Labute approximate surface area is 173 Å². The Balaban J connectivity index is 1.76. The van der Waals surface area contributed by atoms with Crippen LogP contribution in [0.5, 0.6) is 0 Å². The minimum Gasteiger partial charge on any atom is -0.480 e. The van der Waals surface area contributed by atoms with Crippen LogP contribution in [0.3, 0.4) is 0 Å². The van der Waals surface area contributed by atoms with E-state index in [4.69, 9.17) is 4.74 Å². The molecule has 30 heavy (non-hydrogen) atoms. The van der Waals surface area contributed by atoms with E-state index in [0.717, 1.165) is 0 Å². The van der Waals surface area contributed by atoms with Crippen LogP contribution in [0.4, 0.5) is 18.0 Å². The molecule has 2 saturated carbocycles. The van der Waals surface area contributed by atoms with Gasteiger partial charge in [0.2, 0.25) is 11.5 Å². The molecule has 0 aromatic heterocycles. The van der Waals surface area contributed by atoms with Gasteiger partial charge in [0.25, 0.3) is 0 Å². The van der Waals surface area contributed by atoms with Crippen molar-refractivity contribution in [1.82, 2.24) is 10.2 Å². The SMILES string of the molecule is CC(C)(C)[C@H](NC(=O)OC1(C(F)(F)F)CCC1)C(=O)N1C[C@H]2[C@@H]([C@H]1C(=O)O)C2(C)C. The van der Waals surface area contributed by atoms with Crippen molar-refractivity contribution in [1.29, 1.82) is 0 Å². The molecule has 3 aliphatic rings. The van der Waals surface area contributed by atoms with Crippen LogP contribution >= 0.6 is 0 Å². The van der Waals surface area contributed by atoms with E-state index >= 15 is 0 Å². The Morgan fingerprint density at radius 1 is 1.17 bits per heavy atom. The molecule has 1 aliphatic heterocycles. The van der Waals surface area contributed by atoms with Crippen molar-refractivity contribution in [3.8, 4) is 0 Å². The van der Waals surface area contributed by atoms with Gasteiger partial charge in [-0.25, -0.2) is 9.59 Å². The van der Waals surface area contributed by atoms with Gasteiger partial charge in [0.05, 0.1) is 0 Å². The number of likely N-dealkylation sites (tertiary alicyclic amines) is 1. The van der Waals surface area contributed by atoms with Gasteiger partial charge in [-0.1, -0.05) is 34.6 Å². The molecule has 0 aromatic rings. The van der Waals surface area contributed by atoms with Gasteiger partial charge >= 0.3 is 18.2 Å². The van der Waals surface area contributed by atoms with E-state index in [2.05, 4.69) is 5.32 Å². The number of hydrogen-bond acceptors (Lipinski definition) is 4. The largest absolute Gasteiger partial charge is 0.480 e. The molecule has 0 radical (unpaired) electrons. The molecule has 4 atom stereocenters. The molecule has 0 aromatic carbocycles. The number of fused-ring (bicyclic) bond motifs is 1. The lowest BCUT2D eigenvalue weighted by Crippen LogP contribution is -2.60. The smallest absolute Gasteiger partial charge is 0.428 e. The molecule has 10 heteroatoms. The number of carboxylic acid groups (broad SMARTS) is 1. The van der Waals surface area contributed by atoms with Crippen LogP contribution in [0.25, 0.3) is 0 Å². The summed E-state index contributed by atoms with van der Waals surface area (Å²) in [5, 5.41) is 12.0. The Morgan fingerprint density at radius 2 is 1.73 bits per heavy atom. The fourth-order valence-corrected chi connectivity index (χ4v) is 4.88. The summed E-state index contributed by atoms with van der Waals surface area (Å²) in [6.07, 6.45) is -6.36. The zero-order chi connectivity index (χ0) is 22.9. The lowest BCUT2D eigenvalue weighted by atomic mass is 9.79. The van der Waals surface area contributed by atoms with Crippen molar-refractivity contribution in [2.24, 2.45) is 22.7 Å². The van der Waals surface area contributed by atoms with Gasteiger partial charge in [0.15, 0.2) is 0 Å². The minimum absolute atomic E-state index is 0.0404. The number of halogens is 3. The Bertz CT molecular complexity index is 755. The standard InChI is InChI=1S/C20H29F3N2O5/c1-17(2,3)13(24-16(29)30-19(7-6-8-19)20(21,22)23)14(26)25-9-10-11(18(10,4)5)12(25)15(27)28/h10-13H,6-9H2,1-5H3,(H,24,29)(H,27,28)/t10-,11-,12-,13+/m0/s1. The lowest BCUT2D eigenvalue weighted by molar-refractivity contribution is -0.284. The van der Waals surface area contributed by atoms with Crippen LogP contribution in [0.2, 0.25) is 0 Å². The van der Waals surface area contributed by atoms with E-state index < -0.39 is 47.2 Å². The van der Waals surface area contributed by atoms with Crippen molar-refractivity contribution in [3.05, 3.63) is 0 Å². The van der Waals surface area contributed by atoms with Crippen LogP contribution in [0.1, 0.15) is 53.9 Å². The first kappa shape index (κ1) is 22.7. The van der Waals surface area contributed by atoms with Gasteiger partial charge in [0, 0.05) is 12.5 Å². The number of hydrogen-bond donors (Lipinski definition) is 2. The molecule has 2 amide bonds. The summed E-state index contributed by atoms with van der Waals surface area (Å²) < 4.78 is 44.7. The zero-order valence-electron chi connectivity index (χ0n) is 17.8. The number of rotatable bonds is 4. The highest BCUT2D eigenvalue weighted by atomic mass is 19.4. The number of carbonyl (C=O) groups excluding carboxylic acids is 2. The van der Waals surface area contributed by atoms with Crippen molar-refractivity contribution in [2.75, 3.05) is 6.54 Å². The summed E-state index contributed by atoms with van der Waals surface area (Å²) in [4.78, 5) is 38.7. The first-order chi connectivity index (χ1) is 13.5. The molecule has 2 aliphatic carbocycles. The minimum atomic E-state index is -4.69. The number of aliphatic carboxylic acids is 1. The number of piperidine rings is 1. The second kappa shape index (κ2) is 6.75. The highest BCUT2D eigenvalue weighted by Crippen LogP contribution is 2.65. The molecule has 0 bridgehead atoms. The van der Waals surface area contributed by atoms with Crippen LogP contribution in [-0.2, 0) is 14.3 Å². The van der Waals surface area contributed by atoms with E-state index in [1.807, 2.05) is 13.8 Å². The average molecular weight is 434 g/mol. The maximum Gasteiger partial charge on any atom is 0.428 e. The first-order valence-corrected chi connectivity index (χ1v) is 10.1. The third kappa shape index (κ3) is 3.51. The number of ether oxygens (including phenoxy) is 1. The Hall–Kier alpha value is -2.00. The summed E-state index contributed by atoms with van der Waals surface area (Å²) >= 11 is 0. The van der Waals surface area contributed by atoms with Gasteiger partial charge in [-0.05, 0) is 36.0 Å². The van der Waals surface area contributed by atoms with E-state index in [9.17, 15) is 32.7 Å². The van der Waals surface area contributed by atoms with Crippen LogP contribution < -0.4 is 5.32 Å². The molecule has 2 N–H and O–H groups in total. The molecule has 3 fully saturated rings. The molecule has 7 nitrogen and oxygen atoms in total. The molecule has 0 unspecified atom stereocenters. The third-order valence-corrected chi connectivity index (χ3v) is 7.09. The fraction of sp³-hybridized carbons (Fsp3) is 0.850. The van der Waals surface area contributed by atoms with Gasteiger partial charge in [-0.15, -0.1) is 0 Å². The summed E-state index contributed by atoms with van der Waals surface area (Å²) in [6, 6.07) is -2.24. The summed E-state index contributed by atoms with van der Waals surface area (Å²) in [5.41, 5.74) is -3.58. The third-order valence-electron chi connectivity index (χ3n) is 7.09. The molecule has 170 valence electrons. The molecule has 3 rings (SSSR count). The highest BCUT2D eigenvalue weighted by molar-refractivity contribution is 5.91. The van der Waals surface area contributed by atoms with Crippen LogP contribution in [0, 0.1) is 22.7 Å². The normalized spacial score (nSPS) is 30.0. The van der Waals surface area contributed by atoms with Crippen LogP contribution in [0.15, 0.2) is 0 Å². The lowest BCUT2D eigenvalue weighted by Gasteiger charge is -2.42. The Morgan fingerprint density at radius 3 is 2.13 bits per heavy atom. The summed E-state index contributed by atoms with van der Waals surface area (Å²) in [5.74, 6) is -1.89. The van der Waals surface area contributed by atoms with E-state index in [1.54, 1.807) is 20.8 Å². The van der Waals surface area contributed by atoms with Crippen LogP contribution in [-0.4, -0.2) is 58.4 Å². The number of nitrogens with zero attached hydrogens (tertiary/aromatic N) is 1. The Kier molecular flexibility index (Phi) is 5.10. The van der Waals surface area contributed by atoms with Gasteiger partial charge in [-0.2, -0.15) is 13.2 Å². The van der Waals surface area contributed by atoms with Gasteiger partial charge in [0.1, 0.15) is 12.1 Å².